The summed E-state index contributed by atoms with van der Waals surface area (Å²) >= 11 is 0. The van der Waals surface area contributed by atoms with Gasteiger partial charge in [-0.2, -0.15) is 4.72 Å². The van der Waals surface area contributed by atoms with Gasteiger partial charge < -0.3 is 9.84 Å². The van der Waals surface area contributed by atoms with E-state index in [4.69, 9.17) is 4.74 Å². The minimum Gasteiger partial charge on any atom is -0.480 e. The highest BCUT2D eigenvalue weighted by molar-refractivity contribution is 7.90. The molecule has 1 aliphatic heterocycles. The molecule has 0 aromatic rings. The van der Waals surface area contributed by atoms with Gasteiger partial charge >= 0.3 is 5.97 Å². The molecular weight excluding hydrogens is 258 g/mol. The third kappa shape index (κ3) is 3.21. The number of rotatable bonds is 6. The average molecular weight is 279 g/mol. The van der Waals surface area contributed by atoms with E-state index in [1.807, 2.05) is 0 Å². The number of carboxylic acids is 1. The first-order chi connectivity index (χ1) is 8.38. The number of hydrogen-bond acceptors (Lipinski definition) is 4. The average Bonchev–Trinajstić information content (AvgIpc) is 2.37. The summed E-state index contributed by atoms with van der Waals surface area (Å²) in [5, 5.41) is 8.68. The van der Waals surface area contributed by atoms with Crippen LogP contribution in [0.1, 0.15) is 39.5 Å². The van der Waals surface area contributed by atoms with Gasteiger partial charge in [-0.1, -0.05) is 13.8 Å². The van der Waals surface area contributed by atoms with Crippen LogP contribution in [0.15, 0.2) is 0 Å². The van der Waals surface area contributed by atoms with E-state index in [0.717, 1.165) is 0 Å². The largest absolute Gasteiger partial charge is 0.480 e. The first-order valence-electron chi connectivity index (χ1n) is 6.22. The van der Waals surface area contributed by atoms with E-state index < -0.39 is 26.8 Å². The molecule has 106 valence electrons. The maximum absolute atomic E-state index is 12.2. The van der Waals surface area contributed by atoms with Gasteiger partial charge in [0.05, 0.1) is 5.25 Å². The lowest BCUT2D eigenvalue weighted by atomic mass is 9.95. The van der Waals surface area contributed by atoms with Crippen molar-refractivity contribution in [1.82, 2.24) is 4.72 Å². The van der Waals surface area contributed by atoms with Gasteiger partial charge in [-0.05, 0) is 25.7 Å². The van der Waals surface area contributed by atoms with E-state index >= 15 is 0 Å². The smallest absolute Gasteiger partial charge is 0.324 e. The van der Waals surface area contributed by atoms with Crippen molar-refractivity contribution in [3.05, 3.63) is 0 Å². The summed E-state index contributed by atoms with van der Waals surface area (Å²) in [5.41, 5.74) is -1.39. The number of hydrogen-bond donors (Lipinski definition) is 2. The number of nitrogens with one attached hydrogen (secondary N) is 1. The summed E-state index contributed by atoms with van der Waals surface area (Å²) in [5.74, 6) is -1.12. The maximum Gasteiger partial charge on any atom is 0.324 e. The van der Waals surface area contributed by atoms with Crippen LogP contribution in [0.25, 0.3) is 0 Å². The Labute approximate surface area is 108 Å². The highest BCUT2D eigenvalue weighted by atomic mass is 32.2. The second-order valence-corrected chi connectivity index (χ2v) is 6.51. The van der Waals surface area contributed by atoms with Crippen molar-refractivity contribution in [3.63, 3.8) is 0 Å². The van der Waals surface area contributed by atoms with Crippen molar-refractivity contribution in [1.29, 1.82) is 0 Å². The summed E-state index contributed by atoms with van der Waals surface area (Å²) in [4.78, 5) is 11.3. The third-order valence-electron chi connectivity index (χ3n) is 3.56. The fourth-order valence-electron chi connectivity index (χ4n) is 2.08. The highest BCUT2D eigenvalue weighted by Crippen LogP contribution is 2.21. The molecule has 0 aromatic heterocycles. The first-order valence-corrected chi connectivity index (χ1v) is 7.76. The van der Waals surface area contributed by atoms with Gasteiger partial charge in [-0.3, -0.25) is 4.79 Å². The monoisotopic (exact) mass is 279 g/mol. The van der Waals surface area contributed by atoms with E-state index in [-0.39, 0.29) is 12.8 Å². The zero-order chi connectivity index (χ0) is 13.8. The van der Waals surface area contributed by atoms with Crippen LogP contribution in [0.4, 0.5) is 0 Å². The van der Waals surface area contributed by atoms with Crippen LogP contribution in [0.2, 0.25) is 0 Å². The Balaban J connectivity index is 2.88. The van der Waals surface area contributed by atoms with Crippen molar-refractivity contribution in [2.45, 2.75) is 50.3 Å². The van der Waals surface area contributed by atoms with Gasteiger partial charge in [-0.25, -0.2) is 8.42 Å². The molecule has 0 atom stereocenters. The fourth-order valence-corrected chi connectivity index (χ4v) is 3.98. The molecule has 18 heavy (non-hydrogen) atoms. The molecule has 0 saturated carbocycles. The first kappa shape index (κ1) is 15.4. The van der Waals surface area contributed by atoms with Crippen LogP contribution >= 0.6 is 0 Å². The topological polar surface area (TPSA) is 92.7 Å². The lowest BCUT2D eigenvalue weighted by molar-refractivity contribution is -0.144. The van der Waals surface area contributed by atoms with E-state index in [2.05, 4.69) is 4.72 Å². The molecule has 2 N–H and O–H groups in total. The van der Waals surface area contributed by atoms with Crippen LogP contribution < -0.4 is 4.72 Å². The van der Waals surface area contributed by atoms with Gasteiger partial charge in [0.15, 0.2) is 0 Å². The standard InChI is InChI=1S/C11H21NO5S/c1-3-11(4-2,10(13)14)12-18(15,16)9-5-7-17-8-6-9/h9,12H,3-8H2,1-2H3,(H,13,14). The van der Waals surface area contributed by atoms with E-state index in [1.54, 1.807) is 13.8 Å². The molecule has 0 aromatic carbocycles. The Morgan fingerprint density at radius 2 is 1.83 bits per heavy atom. The number of ether oxygens (including phenoxy) is 1. The zero-order valence-corrected chi connectivity index (χ0v) is 11.6. The molecule has 0 bridgehead atoms. The highest BCUT2D eigenvalue weighted by Gasteiger charge is 2.41. The minimum absolute atomic E-state index is 0.223. The van der Waals surface area contributed by atoms with Gasteiger partial charge in [-0.15, -0.1) is 0 Å². The second kappa shape index (κ2) is 5.99. The molecule has 1 rings (SSSR count). The van der Waals surface area contributed by atoms with E-state index in [9.17, 15) is 18.3 Å². The maximum atomic E-state index is 12.2. The number of sulfonamides is 1. The Kier molecular flexibility index (Phi) is 5.12. The Bertz CT molecular complexity index is 382. The normalized spacial score (nSPS) is 18.8. The van der Waals surface area contributed by atoms with Gasteiger partial charge in [0, 0.05) is 13.2 Å². The Hall–Kier alpha value is -0.660. The van der Waals surface area contributed by atoms with Crippen LogP contribution in [0.3, 0.4) is 0 Å². The van der Waals surface area contributed by atoms with Crippen molar-refractivity contribution < 1.29 is 23.1 Å². The lowest BCUT2D eigenvalue weighted by Gasteiger charge is -2.31. The molecule has 0 spiro atoms. The van der Waals surface area contributed by atoms with Crippen LogP contribution in [0.5, 0.6) is 0 Å². The lowest BCUT2D eigenvalue weighted by Crippen LogP contribution is -2.56. The number of carboxylic acid groups (broad SMARTS) is 1. The van der Waals surface area contributed by atoms with Crippen LogP contribution in [-0.4, -0.2) is 43.5 Å². The molecule has 0 unspecified atom stereocenters. The van der Waals surface area contributed by atoms with Crippen LogP contribution in [0, 0.1) is 0 Å². The van der Waals surface area contributed by atoms with Crippen molar-refractivity contribution in [2.75, 3.05) is 13.2 Å². The SMILES string of the molecule is CCC(CC)(NS(=O)(=O)C1CCOCC1)C(=O)O. The van der Waals surface area contributed by atoms with Crippen molar-refractivity contribution >= 4 is 16.0 Å². The van der Waals surface area contributed by atoms with Gasteiger partial charge in [0.25, 0.3) is 0 Å². The predicted molar refractivity (Wildman–Crippen MR) is 66.8 cm³/mol. The molecule has 7 heteroatoms. The minimum atomic E-state index is -3.62. The molecule has 0 aliphatic carbocycles. The summed E-state index contributed by atoms with van der Waals surface area (Å²) in [7, 11) is -3.62. The third-order valence-corrected chi connectivity index (χ3v) is 5.59. The molecule has 6 nitrogen and oxygen atoms in total. The molecule has 1 fully saturated rings. The molecular formula is C11H21NO5S. The molecule has 0 amide bonds. The molecule has 1 aliphatic rings. The van der Waals surface area contributed by atoms with E-state index in [1.165, 1.54) is 0 Å². The Morgan fingerprint density at radius 1 is 1.33 bits per heavy atom. The Morgan fingerprint density at radius 3 is 2.22 bits per heavy atom. The number of carbonyl (C=O) groups is 1. The van der Waals surface area contributed by atoms with Crippen LogP contribution in [-0.2, 0) is 19.6 Å². The summed E-state index contributed by atoms with van der Waals surface area (Å²) in [6.07, 6.45) is 1.28. The van der Waals surface area contributed by atoms with Crippen molar-refractivity contribution in [3.8, 4) is 0 Å². The molecule has 1 heterocycles. The summed E-state index contributed by atoms with van der Waals surface area (Å²) in [6, 6.07) is 0. The predicted octanol–water partition coefficient (Wildman–Crippen LogP) is 0.728. The summed E-state index contributed by atoms with van der Waals surface area (Å²) in [6.45, 7) is 4.15. The second-order valence-electron chi connectivity index (χ2n) is 4.55. The van der Waals surface area contributed by atoms with Gasteiger partial charge in [0.2, 0.25) is 10.0 Å². The summed E-state index contributed by atoms with van der Waals surface area (Å²) < 4.78 is 31.9. The van der Waals surface area contributed by atoms with E-state index in [0.29, 0.717) is 26.1 Å². The molecule has 0 radical (unpaired) electrons. The quantitative estimate of drug-likeness (QED) is 0.747. The molecule has 1 saturated heterocycles. The fraction of sp³-hybridized carbons (Fsp3) is 0.909. The number of aliphatic carboxylic acids is 1. The van der Waals surface area contributed by atoms with Crippen molar-refractivity contribution in [2.24, 2.45) is 0 Å². The van der Waals surface area contributed by atoms with Gasteiger partial charge in [0.1, 0.15) is 5.54 Å². The zero-order valence-electron chi connectivity index (χ0n) is 10.8.